The van der Waals surface area contributed by atoms with Crippen LogP contribution in [0.25, 0.3) is 11.1 Å². The molecule has 0 radical (unpaired) electrons. The van der Waals surface area contributed by atoms with Gasteiger partial charge in [0.05, 0.1) is 24.1 Å². The number of halogens is 3. The lowest BCUT2D eigenvalue weighted by Crippen LogP contribution is -2.28. The van der Waals surface area contributed by atoms with Crippen molar-refractivity contribution in [3.63, 3.8) is 0 Å². The first kappa shape index (κ1) is 24.7. The van der Waals surface area contributed by atoms with Crippen molar-refractivity contribution in [1.29, 1.82) is 0 Å². The maximum atomic E-state index is 13.0. The molecule has 1 fully saturated rings. The Hall–Kier alpha value is -3.39. The summed E-state index contributed by atoms with van der Waals surface area (Å²) in [6.07, 6.45) is -0.876. The molecule has 35 heavy (non-hydrogen) atoms. The number of benzene rings is 2. The summed E-state index contributed by atoms with van der Waals surface area (Å²) in [5, 5.41) is 2.89. The molecule has 1 aliphatic rings. The maximum absolute atomic E-state index is 13.0. The van der Waals surface area contributed by atoms with Crippen LogP contribution in [-0.4, -0.2) is 29.5 Å². The summed E-state index contributed by atoms with van der Waals surface area (Å²) in [4.78, 5) is 17.6. The van der Waals surface area contributed by atoms with Gasteiger partial charge in [0.25, 0.3) is 5.91 Å². The second-order valence-corrected chi connectivity index (χ2v) is 8.90. The van der Waals surface area contributed by atoms with Crippen molar-refractivity contribution in [2.24, 2.45) is 0 Å². The van der Waals surface area contributed by atoms with Gasteiger partial charge in [-0.1, -0.05) is 24.3 Å². The number of pyridine rings is 1. The molecule has 184 valence electrons. The van der Waals surface area contributed by atoms with E-state index in [1.54, 1.807) is 25.3 Å². The number of nitrogens with zero attached hydrogens (tertiary/aromatic N) is 1. The number of amides is 1. The minimum Gasteiger partial charge on any atom is -0.406 e. The molecule has 5 nitrogen and oxygen atoms in total. The Balaban J connectivity index is 1.47. The number of aromatic nitrogens is 1. The van der Waals surface area contributed by atoms with Gasteiger partial charge in [-0.3, -0.25) is 9.78 Å². The standard InChI is InChI=1S/C27H27F3N2O3/c1-16-13-20(14-17(2)34-16)25-12-9-21(15-31-25)32-26(33)24-6-4-5-23(18(24)3)19-7-10-22(11-8-19)35-27(28,29)30/h4-12,15-17,20H,13-14H2,1-3H3,(H,32,33). The summed E-state index contributed by atoms with van der Waals surface area (Å²) in [6, 6.07) is 14.6. The van der Waals surface area contributed by atoms with E-state index in [1.807, 2.05) is 18.2 Å². The first-order valence-corrected chi connectivity index (χ1v) is 11.5. The Morgan fingerprint density at radius 3 is 2.31 bits per heavy atom. The lowest BCUT2D eigenvalue weighted by molar-refractivity contribution is -0.274. The van der Waals surface area contributed by atoms with Gasteiger partial charge in [-0.2, -0.15) is 0 Å². The molecule has 1 saturated heterocycles. The number of nitrogens with one attached hydrogen (secondary N) is 1. The minimum atomic E-state index is -4.75. The van der Waals surface area contributed by atoms with Crippen LogP contribution in [0, 0.1) is 6.92 Å². The van der Waals surface area contributed by atoms with Gasteiger partial charge in [0.2, 0.25) is 0 Å². The number of anilines is 1. The largest absolute Gasteiger partial charge is 0.573 e. The van der Waals surface area contributed by atoms with Crippen LogP contribution in [-0.2, 0) is 4.74 Å². The van der Waals surface area contributed by atoms with Gasteiger partial charge in [0.1, 0.15) is 5.75 Å². The molecule has 0 bridgehead atoms. The van der Waals surface area contributed by atoms with E-state index in [-0.39, 0.29) is 23.9 Å². The van der Waals surface area contributed by atoms with E-state index in [0.29, 0.717) is 28.3 Å². The van der Waals surface area contributed by atoms with E-state index in [1.165, 1.54) is 24.3 Å². The van der Waals surface area contributed by atoms with Crippen LogP contribution in [0.4, 0.5) is 18.9 Å². The van der Waals surface area contributed by atoms with Crippen molar-refractivity contribution >= 4 is 11.6 Å². The first-order chi connectivity index (χ1) is 16.6. The van der Waals surface area contributed by atoms with E-state index in [0.717, 1.165) is 24.1 Å². The molecule has 0 aliphatic carbocycles. The number of ether oxygens (including phenoxy) is 2. The maximum Gasteiger partial charge on any atom is 0.573 e. The third kappa shape index (κ3) is 6.19. The lowest BCUT2D eigenvalue weighted by Gasteiger charge is -2.31. The van der Waals surface area contributed by atoms with Gasteiger partial charge in [0.15, 0.2) is 0 Å². The van der Waals surface area contributed by atoms with Crippen molar-refractivity contribution in [1.82, 2.24) is 4.98 Å². The number of hydrogen-bond donors (Lipinski definition) is 1. The van der Waals surface area contributed by atoms with E-state index >= 15 is 0 Å². The van der Waals surface area contributed by atoms with E-state index in [4.69, 9.17) is 4.74 Å². The van der Waals surface area contributed by atoms with Crippen LogP contribution in [0.3, 0.4) is 0 Å². The number of rotatable bonds is 5. The van der Waals surface area contributed by atoms with Crippen molar-refractivity contribution < 1.29 is 27.4 Å². The molecule has 1 amide bonds. The molecule has 2 unspecified atom stereocenters. The fourth-order valence-electron chi connectivity index (χ4n) is 4.60. The minimum absolute atomic E-state index is 0.188. The van der Waals surface area contributed by atoms with Crippen molar-refractivity contribution in [2.45, 2.75) is 58.1 Å². The summed E-state index contributed by atoms with van der Waals surface area (Å²) >= 11 is 0. The SMILES string of the molecule is Cc1c(C(=O)Nc2ccc(C3CC(C)OC(C)C3)nc2)cccc1-c1ccc(OC(F)(F)F)cc1. The molecular weight excluding hydrogens is 457 g/mol. The zero-order valence-electron chi connectivity index (χ0n) is 19.7. The van der Waals surface area contributed by atoms with Gasteiger partial charge < -0.3 is 14.8 Å². The Morgan fingerprint density at radius 1 is 1.03 bits per heavy atom. The van der Waals surface area contributed by atoms with Crippen LogP contribution >= 0.6 is 0 Å². The second kappa shape index (κ2) is 10.1. The Kier molecular flexibility index (Phi) is 7.12. The van der Waals surface area contributed by atoms with E-state index < -0.39 is 6.36 Å². The summed E-state index contributed by atoms with van der Waals surface area (Å²) in [7, 11) is 0. The summed E-state index contributed by atoms with van der Waals surface area (Å²) in [5.41, 5.74) is 4.18. The number of alkyl halides is 3. The highest BCUT2D eigenvalue weighted by Crippen LogP contribution is 2.33. The lowest BCUT2D eigenvalue weighted by atomic mass is 9.89. The molecule has 2 heterocycles. The van der Waals surface area contributed by atoms with Crippen LogP contribution in [0.1, 0.15) is 54.2 Å². The predicted molar refractivity (Wildman–Crippen MR) is 127 cm³/mol. The molecule has 2 aromatic carbocycles. The Morgan fingerprint density at radius 2 is 1.71 bits per heavy atom. The topological polar surface area (TPSA) is 60.5 Å². The highest BCUT2D eigenvalue weighted by molar-refractivity contribution is 6.06. The summed E-state index contributed by atoms with van der Waals surface area (Å²) < 4.78 is 47.0. The summed E-state index contributed by atoms with van der Waals surface area (Å²) in [6.45, 7) is 5.94. The molecule has 1 N–H and O–H groups in total. The number of hydrogen-bond acceptors (Lipinski definition) is 4. The molecule has 3 aromatic rings. The average molecular weight is 485 g/mol. The van der Waals surface area contributed by atoms with Gasteiger partial charge in [0, 0.05) is 17.2 Å². The third-order valence-electron chi connectivity index (χ3n) is 6.14. The molecule has 1 aliphatic heterocycles. The van der Waals surface area contributed by atoms with Crippen LogP contribution in [0.2, 0.25) is 0 Å². The van der Waals surface area contributed by atoms with E-state index in [2.05, 4.69) is 28.9 Å². The van der Waals surface area contributed by atoms with Gasteiger partial charge in [-0.05, 0) is 80.6 Å². The molecule has 1 aromatic heterocycles. The van der Waals surface area contributed by atoms with Crippen molar-refractivity contribution in [3.8, 4) is 16.9 Å². The molecule has 0 spiro atoms. The molecule has 4 rings (SSSR count). The number of carbonyl (C=O) groups excluding carboxylic acids is 1. The predicted octanol–water partition coefficient (Wildman–Crippen LogP) is 6.88. The van der Waals surface area contributed by atoms with Gasteiger partial charge >= 0.3 is 6.36 Å². The fraction of sp³-hybridized carbons (Fsp3) is 0.333. The Bertz CT molecular complexity index is 1170. The molecular formula is C27H27F3N2O3. The van der Waals surface area contributed by atoms with Crippen LogP contribution in [0.5, 0.6) is 5.75 Å². The van der Waals surface area contributed by atoms with Gasteiger partial charge in [-0.15, -0.1) is 13.2 Å². The smallest absolute Gasteiger partial charge is 0.406 e. The van der Waals surface area contributed by atoms with Crippen molar-refractivity contribution in [3.05, 3.63) is 77.6 Å². The molecule has 0 saturated carbocycles. The molecule has 8 heteroatoms. The average Bonchev–Trinajstić information content (AvgIpc) is 2.79. The quantitative estimate of drug-likeness (QED) is 0.429. The third-order valence-corrected chi connectivity index (χ3v) is 6.14. The highest BCUT2D eigenvalue weighted by atomic mass is 19.4. The number of carbonyl (C=O) groups is 1. The fourth-order valence-corrected chi connectivity index (χ4v) is 4.60. The highest BCUT2D eigenvalue weighted by Gasteiger charge is 2.31. The first-order valence-electron chi connectivity index (χ1n) is 11.5. The summed E-state index contributed by atoms with van der Waals surface area (Å²) in [5.74, 6) is -0.261. The normalized spacial score (nSPS) is 20.3. The van der Waals surface area contributed by atoms with Crippen LogP contribution in [0.15, 0.2) is 60.8 Å². The second-order valence-electron chi connectivity index (χ2n) is 8.90. The zero-order chi connectivity index (χ0) is 25.2. The van der Waals surface area contributed by atoms with Crippen molar-refractivity contribution in [2.75, 3.05) is 5.32 Å². The monoisotopic (exact) mass is 484 g/mol. The molecule has 2 atom stereocenters. The Labute approximate surface area is 202 Å². The van der Waals surface area contributed by atoms with Crippen LogP contribution < -0.4 is 10.1 Å². The van der Waals surface area contributed by atoms with E-state index in [9.17, 15) is 18.0 Å². The van der Waals surface area contributed by atoms with Gasteiger partial charge in [-0.25, -0.2) is 0 Å². The zero-order valence-corrected chi connectivity index (χ0v) is 19.7.